The van der Waals surface area contributed by atoms with Crippen LogP contribution in [0, 0.1) is 5.92 Å². The number of rotatable bonds is 10. The number of methoxy groups -OCH3 is 1. The highest BCUT2D eigenvalue weighted by atomic mass is 32.2. The molecule has 202 valence electrons. The molecule has 0 atom stereocenters. The van der Waals surface area contributed by atoms with Gasteiger partial charge in [0.15, 0.2) is 0 Å². The Morgan fingerprint density at radius 2 is 1.46 bits per heavy atom. The second-order valence-electron chi connectivity index (χ2n) is 10.0. The first kappa shape index (κ1) is 28.0. The van der Waals surface area contributed by atoms with Crippen molar-refractivity contribution in [3.05, 3.63) is 89.0 Å². The Hall–Kier alpha value is -4.04. The van der Waals surface area contributed by atoms with Gasteiger partial charge in [-0.05, 0) is 78.1 Å². The van der Waals surface area contributed by atoms with Crippen LogP contribution in [0.1, 0.15) is 45.6 Å². The van der Waals surface area contributed by atoms with Crippen molar-refractivity contribution < 1.29 is 19.1 Å². The molecule has 2 N–H and O–H groups in total. The number of hydrogen-bond acceptors (Lipinski definition) is 6. The summed E-state index contributed by atoms with van der Waals surface area (Å²) < 4.78 is 5.22. The van der Waals surface area contributed by atoms with Gasteiger partial charge in [0.05, 0.1) is 12.8 Å². The maximum Gasteiger partial charge on any atom is 0.283 e. The van der Waals surface area contributed by atoms with E-state index in [1.807, 2.05) is 50.2 Å². The molecule has 1 heterocycles. The molecule has 8 heteroatoms. The topological polar surface area (TPSA) is 87.7 Å². The molecule has 3 aromatic rings. The maximum atomic E-state index is 13.6. The van der Waals surface area contributed by atoms with Crippen LogP contribution >= 0.6 is 11.8 Å². The van der Waals surface area contributed by atoms with Gasteiger partial charge < -0.3 is 15.4 Å². The molecule has 0 bridgehead atoms. The number of carbonyl (C=O) groups excluding carboxylic acids is 3. The van der Waals surface area contributed by atoms with Gasteiger partial charge in [0, 0.05) is 22.7 Å². The van der Waals surface area contributed by atoms with Crippen molar-refractivity contribution in [1.29, 1.82) is 0 Å². The zero-order chi connectivity index (χ0) is 28.1. The third-order valence-corrected chi connectivity index (χ3v) is 7.26. The Balaban J connectivity index is 1.62. The highest BCUT2D eigenvalue weighted by molar-refractivity contribution is 8.04. The minimum absolute atomic E-state index is 0.0465. The summed E-state index contributed by atoms with van der Waals surface area (Å²) in [5, 5.41) is 6.09. The predicted octanol–water partition coefficient (Wildman–Crippen LogP) is 6.79. The number of hydrogen-bond donors (Lipinski definition) is 2. The minimum atomic E-state index is -0.432. The Morgan fingerprint density at radius 1 is 0.846 bits per heavy atom. The monoisotopic (exact) mass is 543 g/mol. The van der Waals surface area contributed by atoms with E-state index in [1.165, 1.54) is 22.2 Å². The Labute approximate surface area is 233 Å². The first-order valence-corrected chi connectivity index (χ1v) is 13.7. The van der Waals surface area contributed by atoms with E-state index < -0.39 is 11.8 Å². The zero-order valence-corrected chi connectivity index (χ0v) is 23.6. The van der Waals surface area contributed by atoms with Crippen LogP contribution in [-0.4, -0.2) is 24.8 Å². The number of benzene rings is 3. The van der Waals surface area contributed by atoms with Crippen LogP contribution in [0.15, 0.2) is 88.3 Å². The van der Waals surface area contributed by atoms with E-state index in [4.69, 9.17) is 4.74 Å². The summed E-state index contributed by atoms with van der Waals surface area (Å²) >= 11 is 1.21. The summed E-state index contributed by atoms with van der Waals surface area (Å²) in [4.78, 5) is 41.6. The summed E-state index contributed by atoms with van der Waals surface area (Å²) in [5.74, 6) is 0.380. The summed E-state index contributed by atoms with van der Waals surface area (Å²) in [5.41, 5.74) is 3.24. The highest BCUT2D eigenvalue weighted by Crippen LogP contribution is 2.38. The summed E-state index contributed by atoms with van der Waals surface area (Å²) in [7, 11) is 1.56. The van der Waals surface area contributed by atoms with Gasteiger partial charge in [0.2, 0.25) is 5.91 Å². The average molecular weight is 544 g/mol. The van der Waals surface area contributed by atoms with E-state index >= 15 is 0 Å². The molecule has 7 nitrogen and oxygen atoms in total. The Bertz CT molecular complexity index is 1380. The lowest BCUT2D eigenvalue weighted by Gasteiger charge is -2.16. The highest BCUT2D eigenvalue weighted by Gasteiger charge is 2.40. The quantitative estimate of drug-likeness (QED) is 0.274. The van der Waals surface area contributed by atoms with Gasteiger partial charge in [-0.25, -0.2) is 4.90 Å². The second kappa shape index (κ2) is 12.2. The second-order valence-corrected chi connectivity index (χ2v) is 11.1. The smallest absolute Gasteiger partial charge is 0.283 e. The van der Waals surface area contributed by atoms with Crippen LogP contribution in [0.4, 0.5) is 17.1 Å². The number of imide groups is 1. The molecule has 4 rings (SSSR count). The van der Waals surface area contributed by atoms with Gasteiger partial charge in [-0.3, -0.25) is 14.4 Å². The van der Waals surface area contributed by atoms with Crippen LogP contribution < -0.4 is 20.3 Å². The number of ether oxygens (including phenoxy) is 1. The lowest BCUT2D eigenvalue weighted by Crippen LogP contribution is -2.32. The van der Waals surface area contributed by atoms with Crippen LogP contribution in [0.5, 0.6) is 5.75 Å². The van der Waals surface area contributed by atoms with Crippen molar-refractivity contribution >= 4 is 46.5 Å². The van der Waals surface area contributed by atoms with Crippen LogP contribution in [0.25, 0.3) is 0 Å². The van der Waals surface area contributed by atoms with Gasteiger partial charge in [-0.2, -0.15) is 0 Å². The number of nitrogens with one attached hydrogen (secondary N) is 2. The number of thioether (sulfide) groups is 1. The van der Waals surface area contributed by atoms with Gasteiger partial charge in [-0.1, -0.05) is 51.6 Å². The Kier molecular flexibility index (Phi) is 8.76. The van der Waals surface area contributed by atoms with Crippen LogP contribution in [0.2, 0.25) is 0 Å². The molecular formula is C31H33N3O4S. The first-order valence-electron chi connectivity index (χ1n) is 12.9. The summed E-state index contributed by atoms with van der Waals surface area (Å²) in [6.45, 7) is 8.22. The largest absolute Gasteiger partial charge is 0.497 e. The van der Waals surface area contributed by atoms with Crippen LogP contribution in [-0.2, 0) is 14.4 Å². The fourth-order valence-corrected chi connectivity index (χ4v) is 5.01. The molecule has 0 aromatic heterocycles. The molecule has 3 amide bonds. The molecule has 3 aromatic carbocycles. The van der Waals surface area contributed by atoms with Crippen LogP contribution in [0.3, 0.4) is 0 Å². The third kappa shape index (κ3) is 6.70. The van der Waals surface area contributed by atoms with Crippen molar-refractivity contribution in [3.8, 4) is 5.75 Å². The zero-order valence-electron chi connectivity index (χ0n) is 22.8. The molecule has 0 fully saturated rings. The summed E-state index contributed by atoms with van der Waals surface area (Å²) in [6, 6.07) is 21.9. The van der Waals surface area contributed by atoms with E-state index in [2.05, 4.69) is 24.5 Å². The van der Waals surface area contributed by atoms with Gasteiger partial charge >= 0.3 is 0 Å². The minimum Gasteiger partial charge on any atom is -0.497 e. The number of amides is 3. The van der Waals surface area contributed by atoms with Crippen molar-refractivity contribution in [1.82, 2.24) is 0 Å². The van der Waals surface area contributed by atoms with E-state index in [0.717, 1.165) is 4.90 Å². The fourth-order valence-electron chi connectivity index (χ4n) is 4.08. The van der Waals surface area contributed by atoms with Crippen molar-refractivity contribution in [2.24, 2.45) is 5.92 Å². The number of carbonyl (C=O) groups is 3. The van der Waals surface area contributed by atoms with Gasteiger partial charge in [-0.15, -0.1) is 0 Å². The molecule has 0 saturated carbocycles. The standard InChI is InChI=1S/C31H33N3O4S/c1-19(2)18-27(35)32-22-10-16-26(17-11-22)39-29-28(33-23-8-6-21(7-9-23)20(3)4)30(36)34(31(29)37)24-12-14-25(38-5)15-13-24/h6-17,19-20,33H,18H2,1-5H3,(H,32,35). The molecular weight excluding hydrogens is 510 g/mol. The lowest BCUT2D eigenvalue weighted by atomic mass is 10.0. The molecule has 0 saturated heterocycles. The molecule has 0 spiro atoms. The fraction of sp³-hybridized carbons (Fsp3) is 0.258. The van der Waals surface area contributed by atoms with Gasteiger partial charge in [0.1, 0.15) is 16.4 Å². The SMILES string of the molecule is COc1ccc(N2C(=O)C(Nc3ccc(C(C)C)cc3)=C(Sc3ccc(NC(=O)CC(C)C)cc3)C2=O)cc1. The Morgan fingerprint density at radius 3 is 2.03 bits per heavy atom. The lowest BCUT2D eigenvalue weighted by molar-refractivity contribution is -0.120. The first-order chi connectivity index (χ1) is 18.7. The predicted molar refractivity (Wildman–Crippen MR) is 157 cm³/mol. The summed E-state index contributed by atoms with van der Waals surface area (Å²) in [6.07, 6.45) is 0.439. The van der Waals surface area contributed by atoms with Crippen molar-refractivity contribution in [2.75, 3.05) is 22.6 Å². The molecule has 1 aliphatic rings. The van der Waals surface area contributed by atoms with E-state index in [1.54, 1.807) is 43.5 Å². The molecule has 0 radical (unpaired) electrons. The average Bonchev–Trinajstić information content (AvgIpc) is 3.13. The third-order valence-electron chi connectivity index (χ3n) is 6.17. The maximum absolute atomic E-state index is 13.6. The van der Waals surface area contributed by atoms with E-state index in [-0.39, 0.29) is 17.5 Å². The number of nitrogens with zero attached hydrogens (tertiary/aromatic N) is 1. The van der Waals surface area contributed by atoms with E-state index in [0.29, 0.717) is 40.1 Å². The molecule has 39 heavy (non-hydrogen) atoms. The van der Waals surface area contributed by atoms with Crippen molar-refractivity contribution in [2.45, 2.75) is 44.9 Å². The normalized spacial score (nSPS) is 13.5. The molecule has 1 aliphatic heterocycles. The molecule has 0 aliphatic carbocycles. The number of anilines is 3. The van der Waals surface area contributed by atoms with Crippen molar-refractivity contribution in [3.63, 3.8) is 0 Å². The van der Waals surface area contributed by atoms with Gasteiger partial charge in [0.25, 0.3) is 11.8 Å². The molecule has 0 unspecified atom stereocenters. The van der Waals surface area contributed by atoms with E-state index in [9.17, 15) is 14.4 Å².